The summed E-state index contributed by atoms with van der Waals surface area (Å²) in [5, 5.41) is 8.98. The Morgan fingerprint density at radius 2 is 2.30 bits per heavy atom. The Kier molecular flexibility index (Phi) is 2.28. The van der Waals surface area contributed by atoms with Gasteiger partial charge in [0.05, 0.1) is 13.2 Å². The molecule has 0 amide bonds. The van der Waals surface area contributed by atoms with E-state index in [4.69, 9.17) is 14.6 Å². The third-order valence-corrected chi connectivity index (χ3v) is 2.10. The first-order chi connectivity index (χ1) is 4.71. The Balaban J connectivity index is 2.58. The first-order valence-corrected chi connectivity index (χ1v) is 3.54. The van der Waals surface area contributed by atoms with Crippen molar-refractivity contribution < 1.29 is 14.6 Å². The molecule has 1 rings (SSSR count). The Hall–Kier alpha value is -0.120. The van der Waals surface area contributed by atoms with Gasteiger partial charge in [-0.25, -0.2) is 0 Å². The third kappa shape index (κ3) is 1.17. The largest absolute Gasteiger partial charge is 0.393 e. The van der Waals surface area contributed by atoms with Gasteiger partial charge in [-0.1, -0.05) is 13.8 Å². The van der Waals surface area contributed by atoms with Crippen molar-refractivity contribution in [3.05, 3.63) is 0 Å². The van der Waals surface area contributed by atoms with Gasteiger partial charge in [0.2, 0.25) is 0 Å². The lowest BCUT2D eigenvalue weighted by Gasteiger charge is -2.27. The van der Waals surface area contributed by atoms with Crippen molar-refractivity contribution in [2.45, 2.75) is 19.4 Å². The lowest BCUT2D eigenvalue weighted by molar-refractivity contribution is -0.0680. The summed E-state index contributed by atoms with van der Waals surface area (Å²) >= 11 is 0. The van der Waals surface area contributed by atoms with E-state index >= 15 is 0 Å². The van der Waals surface area contributed by atoms with E-state index in [1.165, 1.54) is 0 Å². The highest BCUT2D eigenvalue weighted by molar-refractivity contribution is 4.85. The molecule has 1 aliphatic rings. The molecule has 1 fully saturated rings. The maximum Gasteiger partial charge on any atom is 0.147 e. The topological polar surface area (TPSA) is 38.7 Å². The van der Waals surface area contributed by atoms with E-state index < -0.39 is 5.60 Å². The molecule has 0 radical (unpaired) electrons. The lowest BCUT2D eigenvalue weighted by Crippen LogP contribution is -2.41. The molecule has 3 nitrogen and oxygen atoms in total. The van der Waals surface area contributed by atoms with E-state index in [9.17, 15) is 0 Å². The summed E-state index contributed by atoms with van der Waals surface area (Å²) in [7, 11) is 0. The fourth-order valence-electron chi connectivity index (χ4n) is 1.02. The summed E-state index contributed by atoms with van der Waals surface area (Å²) in [6, 6.07) is 0. The number of hydrogen-bond donors (Lipinski definition) is 1. The van der Waals surface area contributed by atoms with Crippen LogP contribution in [0.25, 0.3) is 0 Å². The van der Waals surface area contributed by atoms with E-state index in [1.807, 2.05) is 13.8 Å². The van der Waals surface area contributed by atoms with Gasteiger partial charge < -0.3 is 14.6 Å². The summed E-state index contributed by atoms with van der Waals surface area (Å²) in [6.45, 7) is 4.92. The van der Waals surface area contributed by atoms with E-state index in [2.05, 4.69) is 0 Å². The van der Waals surface area contributed by atoms with E-state index in [0.717, 1.165) is 0 Å². The molecule has 1 aliphatic heterocycles. The first kappa shape index (κ1) is 7.98. The van der Waals surface area contributed by atoms with Gasteiger partial charge in [-0.05, 0) is 5.92 Å². The summed E-state index contributed by atoms with van der Waals surface area (Å²) in [5.41, 5.74) is -0.431. The second-order valence-electron chi connectivity index (χ2n) is 2.99. The summed E-state index contributed by atoms with van der Waals surface area (Å²) < 4.78 is 10.3. The standard InChI is InChI=1S/C7H14O3/c1-6(2)7(3-8)4-9-5-10-7/h6,8H,3-5H2,1-2H3. The van der Waals surface area contributed by atoms with Crippen LogP contribution in [0.1, 0.15) is 13.8 Å². The fraction of sp³-hybridized carbons (Fsp3) is 1.00. The molecule has 10 heavy (non-hydrogen) atoms. The number of aliphatic hydroxyl groups is 1. The monoisotopic (exact) mass is 146 g/mol. The number of hydrogen-bond acceptors (Lipinski definition) is 3. The smallest absolute Gasteiger partial charge is 0.147 e. The average molecular weight is 146 g/mol. The molecule has 1 heterocycles. The highest BCUT2D eigenvalue weighted by Gasteiger charge is 2.38. The Morgan fingerprint density at radius 1 is 1.60 bits per heavy atom. The molecule has 0 aromatic heterocycles. The molecule has 1 saturated heterocycles. The van der Waals surface area contributed by atoms with E-state index in [1.54, 1.807) is 0 Å². The normalized spacial score (nSPS) is 33.6. The molecule has 1 unspecified atom stereocenters. The maximum atomic E-state index is 8.98. The van der Waals surface area contributed by atoms with E-state index in [0.29, 0.717) is 19.3 Å². The van der Waals surface area contributed by atoms with Crippen molar-refractivity contribution in [3.8, 4) is 0 Å². The molecular formula is C7H14O3. The van der Waals surface area contributed by atoms with Crippen LogP contribution in [-0.4, -0.2) is 30.7 Å². The van der Waals surface area contributed by atoms with Crippen LogP contribution in [0.3, 0.4) is 0 Å². The minimum atomic E-state index is -0.431. The third-order valence-electron chi connectivity index (χ3n) is 2.10. The van der Waals surface area contributed by atoms with Crippen LogP contribution in [0.4, 0.5) is 0 Å². The molecule has 3 heteroatoms. The predicted molar refractivity (Wildman–Crippen MR) is 36.6 cm³/mol. The van der Waals surface area contributed by atoms with Gasteiger partial charge >= 0.3 is 0 Å². The predicted octanol–water partition coefficient (Wildman–Crippen LogP) is 0.378. The molecule has 1 N–H and O–H groups in total. The van der Waals surface area contributed by atoms with Crippen molar-refractivity contribution in [2.24, 2.45) is 5.92 Å². The minimum Gasteiger partial charge on any atom is -0.393 e. The van der Waals surface area contributed by atoms with Crippen LogP contribution in [0.2, 0.25) is 0 Å². The van der Waals surface area contributed by atoms with Crippen LogP contribution in [-0.2, 0) is 9.47 Å². The average Bonchev–Trinajstić information content (AvgIpc) is 2.35. The van der Waals surface area contributed by atoms with Gasteiger partial charge in [-0.3, -0.25) is 0 Å². The number of aliphatic hydroxyl groups excluding tert-OH is 1. The zero-order valence-corrected chi connectivity index (χ0v) is 6.46. The van der Waals surface area contributed by atoms with Crippen LogP contribution in [0.5, 0.6) is 0 Å². The van der Waals surface area contributed by atoms with Crippen molar-refractivity contribution in [1.29, 1.82) is 0 Å². The molecule has 0 bridgehead atoms. The fourth-order valence-corrected chi connectivity index (χ4v) is 1.02. The Morgan fingerprint density at radius 3 is 2.50 bits per heavy atom. The molecule has 0 aromatic rings. The summed E-state index contributed by atoms with van der Waals surface area (Å²) in [6.07, 6.45) is 0. The van der Waals surface area contributed by atoms with Crippen LogP contribution in [0, 0.1) is 5.92 Å². The van der Waals surface area contributed by atoms with E-state index in [-0.39, 0.29) is 6.61 Å². The van der Waals surface area contributed by atoms with Crippen molar-refractivity contribution in [2.75, 3.05) is 20.0 Å². The highest BCUT2D eigenvalue weighted by Crippen LogP contribution is 2.26. The molecule has 0 aliphatic carbocycles. The molecule has 60 valence electrons. The van der Waals surface area contributed by atoms with Crippen molar-refractivity contribution >= 4 is 0 Å². The SMILES string of the molecule is CC(C)C1(CO)COCO1. The zero-order chi connectivity index (χ0) is 7.61. The summed E-state index contributed by atoms with van der Waals surface area (Å²) in [4.78, 5) is 0. The lowest BCUT2D eigenvalue weighted by atomic mass is 9.92. The van der Waals surface area contributed by atoms with Crippen LogP contribution < -0.4 is 0 Å². The Bertz CT molecular complexity index is 105. The first-order valence-electron chi connectivity index (χ1n) is 3.54. The molecule has 1 atom stereocenters. The van der Waals surface area contributed by atoms with Gasteiger partial charge in [-0.2, -0.15) is 0 Å². The molecule has 0 spiro atoms. The minimum absolute atomic E-state index is 0.0463. The van der Waals surface area contributed by atoms with Gasteiger partial charge in [0.15, 0.2) is 0 Å². The van der Waals surface area contributed by atoms with Gasteiger partial charge in [0, 0.05) is 0 Å². The summed E-state index contributed by atoms with van der Waals surface area (Å²) in [5.74, 6) is 0.306. The second-order valence-corrected chi connectivity index (χ2v) is 2.99. The zero-order valence-electron chi connectivity index (χ0n) is 6.46. The highest BCUT2D eigenvalue weighted by atomic mass is 16.7. The van der Waals surface area contributed by atoms with Gasteiger partial charge in [0.25, 0.3) is 0 Å². The number of ether oxygens (including phenoxy) is 2. The van der Waals surface area contributed by atoms with Gasteiger partial charge in [0.1, 0.15) is 12.4 Å². The second kappa shape index (κ2) is 2.86. The Labute approximate surface area is 60.9 Å². The maximum absolute atomic E-state index is 8.98. The van der Waals surface area contributed by atoms with Crippen LogP contribution >= 0.6 is 0 Å². The van der Waals surface area contributed by atoms with Crippen molar-refractivity contribution in [1.82, 2.24) is 0 Å². The molecule has 0 saturated carbocycles. The van der Waals surface area contributed by atoms with Crippen LogP contribution in [0.15, 0.2) is 0 Å². The quantitative estimate of drug-likeness (QED) is 0.612. The van der Waals surface area contributed by atoms with Gasteiger partial charge in [-0.15, -0.1) is 0 Å². The van der Waals surface area contributed by atoms with Crippen molar-refractivity contribution in [3.63, 3.8) is 0 Å². The number of rotatable bonds is 2. The molecule has 0 aromatic carbocycles. The molecular weight excluding hydrogens is 132 g/mol.